The molecule has 3 aliphatic heterocycles. The Morgan fingerprint density at radius 3 is 1.93 bits per heavy atom. The molecule has 0 aliphatic carbocycles. The fraction of sp³-hybridized carbons (Fsp3) is 0.364. The Morgan fingerprint density at radius 1 is 0.746 bits per heavy atom. The van der Waals surface area contributed by atoms with E-state index in [4.69, 9.17) is 34.1 Å². The van der Waals surface area contributed by atoms with E-state index in [9.17, 15) is 9.59 Å². The number of likely N-dealkylation sites (N-methyl/N-ethyl adjacent to an activating group) is 1. The normalized spacial score (nSPS) is 15.5. The highest BCUT2D eigenvalue weighted by atomic mass is 16.5. The number of amides is 3. The molecule has 1 N–H and O–H groups in total. The average Bonchev–Trinajstić information content (AvgIpc) is 3.73. The summed E-state index contributed by atoms with van der Waals surface area (Å²) >= 11 is 0. The summed E-state index contributed by atoms with van der Waals surface area (Å²) in [6, 6.07) is 23.2. The van der Waals surface area contributed by atoms with Crippen molar-refractivity contribution in [2.24, 2.45) is 0 Å². The Bertz CT molecular complexity index is 2160. The topological polar surface area (TPSA) is 142 Å². The summed E-state index contributed by atoms with van der Waals surface area (Å²) in [7, 11) is 5.39. The van der Waals surface area contributed by atoms with Gasteiger partial charge in [-0.05, 0) is 66.6 Å². The SMILES string of the molecule is COc1ccc(CN(Cc2ccc(OC)cc2)c2ncc(-c3nc(N4CCOCC4)nc4c3CCN4C(=O)NCc3ccc(C(=O)N4CCN(C)CC4)cc3)cn2)cc1. The molecule has 5 aromatic rings. The number of hydrogen-bond acceptors (Lipinski definition) is 12. The third-order valence-corrected chi connectivity index (χ3v) is 11.0. The van der Waals surface area contributed by atoms with Crippen molar-refractivity contribution in [1.29, 1.82) is 0 Å². The van der Waals surface area contributed by atoms with Crippen LogP contribution in [0.4, 0.5) is 22.5 Å². The molecule has 0 spiro atoms. The molecule has 2 aromatic heterocycles. The summed E-state index contributed by atoms with van der Waals surface area (Å²) in [5.74, 6) is 3.30. The largest absolute Gasteiger partial charge is 0.497 e. The van der Waals surface area contributed by atoms with Crippen molar-refractivity contribution in [3.05, 3.63) is 113 Å². The summed E-state index contributed by atoms with van der Waals surface area (Å²) in [5.41, 5.74) is 6.03. The molecule has 15 heteroatoms. The van der Waals surface area contributed by atoms with Crippen LogP contribution in [0.5, 0.6) is 11.5 Å². The first-order valence-corrected chi connectivity index (χ1v) is 20.0. The van der Waals surface area contributed by atoms with E-state index in [1.807, 2.05) is 90.1 Å². The predicted octanol–water partition coefficient (Wildman–Crippen LogP) is 4.65. The molecule has 3 aromatic carbocycles. The molecule has 306 valence electrons. The van der Waals surface area contributed by atoms with Crippen molar-refractivity contribution in [2.45, 2.75) is 26.1 Å². The van der Waals surface area contributed by atoms with Crippen LogP contribution in [0, 0.1) is 0 Å². The lowest BCUT2D eigenvalue weighted by atomic mass is 10.1. The van der Waals surface area contributed by atoms with E-state index in [2.05, 4.69) is 27.1 Å². The van der Waals surface area contributed by atoms with E-state index in [0.29, 0.717) is 87.9 Å². The van der Waals surface area contributed by atoms with Gasteiger partial charge in [0, 0.05) is 94.5 Å². The molecule has 59 heavy (non-hydrogen) atoms. The number of rotatable bonds is 12. The van der Waals surface area contributed by atoms with E-state index >= 15 is 0 Å². The van der Waals surface area contributed by atoms with Crippen molar-refractivity contribution in [3.8, 4) is 22.8 Å². The third-order valence-electron chi connectivity index (χ3n) is 11.0. The number of ether oxygens (including phenoxy) is 3. The Kier molecular flexibility index (Phi) is 12.1. The standard InChI is InChI=1S/C44H50N10O5/c1-50-18-20-51(21-19-50)41(55)34-10-4-31(5-11-34)26-47-44(56)54-17-16-38-39(48-43(49-40(38)54)52-22-24-59-25-23-52)35-27-45-42(46-28-35)53(29-32-6-12-36(57-2)13-7-32)30-33-8-14-37(58-3)15-9-33/h4-15,27-28H,16-26,29-30H2,1-3H3,(H,47,56). The molecule has 0 radical (unpaired) electrons. The number of morpholine rings is 1. The zero-order valence-corrected chi connectivity index (χ0v) is 33.8. The molecule has 15 nitrogen and oxygen atoms in total. The van der Waals surface area contributed by atoms with Gasteiger partial charge in [-0.3, -0.25) is 9.69 Å². The summed E-state index contributed by atoms with van der Waals surface area (Å²) in [4.78, 5) is 56.8. The number of hydrogen-bond donors (Lipinski definition) is 1. The molecule has 0 saturated carbocycles. The van der Waals surface area contributed by atoms with Gasteiger partial charge in [-0.1, -0.05) is 36.4 Å². The number of aromatic nitrogens is 4. The smallest absolute Gasteiger partial charge is 0.323 e. The Morgan fingerprint density at radius 2 is 1.34 bits per heavy atom. The molecular formula is C44H50N10O5. The van der Waals surface area contributed by atoms with Crippen LogP contribution in [-0.4, -0.2) is 122 Å². The number of benzene rings is 3. The van der Waals surface area contributed by atoms with Gasteiger partial charge in [-0.2, -0.15) is 4.98 Å². The Hall–Kier alpha value is -6.32. The lowest BCUT2D eigenvalue weighted by molar-refractivity contribution is 0.0664. The van der Waals surface area contributed by atoms with Crippen molar-refractivity contribution < 1.29 is 23.8 Å². The van der Waals surface area contributed by atoms with Crippen LogP contribution in [0.2, 0.25) is 0 Å². The molecular weight excluding hydrogens is 749 g/mol. The van der Waals surface area contributed by atoms with Gasteiger partial charge >= 0.3 is 6.03 Å². The van der Waals surface area contributed by atoms with E-state index in [0.717, 1.165) is 65.5 Å². The van der Waals surface area contributed by atoms with Gasteiger partial charge in [0.2, 0.25) is 11.9 Å². The predicted molar refractivity (Wildman–Crippen MR) is 225 cm³/mol. The van der Waals surface area contributed by atoms with Crippen molar-refractivity contribution >= 4 is 29.7 Å². The van der Waals surface area contributed by atoms with Gasteiger partial charge < -0.3 is 39.1 Å². The molecule has 3 amide bonds. The second-order valence-corrected chi connectivity index (χ2v) is 15.0. The average molecular weight is 799 g/mol. The molecule has 2 saturated heterocycles. The van der Waals surface area contributed by atoms with Crippen molar-refractivity contribution in [3.63, 3.8) is 0 Å². The molecule has 0 unspecified atom stereocenters. The van der Waals surface area contributed by atoms with E-state index in [1.54, 1.807) is 19.1 Å². The first-order valence-electron chi connectivity index (χ1n) is 20.0. The van der Waals surface area contributed by atoms with Gasteiger partial charge in [0.05, 0.1) is 33.1 Å². The van der Waals surface area contributed by atoms with Crippen LogP contribution in [-0.2, 0) is 30.8 Å². The second kappa shape index (κ2) is 18.1. The quantitative estimate of drug-likeness (QED) is 0.188. The maximum atomic E-state index is 13.8. The highest BCUT2D eigenvalue weighted by Crippen LogP contribution is 2.36. The van der Waals surface area contributed by atoms with Crippen LogP contribution in [0.1, 0.15) is 32.6 Å². The summed E-state index contributed by atoms with van der Waals surface area (Å²) in [6.45, 7) is 7.48. The number of fused-ring (bicyclic) bond motifs is 1. The van der Waals surface area contributed by atoms with Crippen molar-refractivity contribution in [2.75, 3.05) is 95.0 Å². The number of nitrogens with zero attached hydrogens (tertiary/aromatic N) is 9. The molecule has 8 rings (SSSR count). The second-order valence-electron chi connectivity index (χ2n) is 15.0. The van der Waals surface area contributed by atoms with Gasteiger partial charge in [0.1, 0.15) is 17.3 Å². The van der Waals surface area contributed by atoms with Gasteiger partial charge in [0.15, 0.2) is 0 Å². The first kappa shape index (κ1) is 39.5. The molecule has 3 aliphatic rings. The number of piperazine rings is 1. The van der Waals surface area contributed by atoms with Crippen LogP contribution in [0.25, 0.3) is 11.3 Å². The minimum absolute atomic E-state index is 0.0356. The van der Waals surface area contributed by atoms with Crippen LogP contribution in [0.15, 0.2) is 85.2 Å². The van der Waals surface area contributed by atoms with Crippen molar-refractivity contribution in [1.82, 2.24) is 35.1 Å². The van der Waals surface area contributed by atoms with E-state index in [1.165, 1.54) is 0 Å². The third kappa shape index (κ3) is 9.21. The number of nitrogens with one attached hydrogen (secondary N) is 1. The number of carbonyl (C=O) groups excluding carboxylic acids is 2. The fourth-order valence-corrected chi connectivity index (χ4v) is 7.52. The van der Waals surface area contributed by atoms with Crippen LogP contribution >= 0.6 is 0 Å². The number of methoxy groups -OCH3 is 2. The maximum Gasteiger partial charge on any atom is 0.323 e. The fourth-order valence-electron chi connectivity index (χ4n) is 7.52. The minimum atomic E-state index is -0.252. The number of urea groups is 1. The molecule has 5 heterocycles. The van der Waals surface area contributed by atoms with E-state index in [-0.39, 0.29) is 11.9 Å². The van der Waals surface area contributed by atoms with Gasteiger partial charge in [-0.25, -0.2) is 19.7 Å². The van der Waals surface area contributed by atoms with Crippen LogP contribution < -0.4 is 29.5 Å². The lowest BCUT2D eigenvalue weighted by Crippen LogP contribution is -2.47. The maximum absolute atomic E-state index is 13.8. The van der Waals surface area contributed by atoms with Crippen LogP contribution in [0.3, 0.4) is 0 Å². The highest BCUT2D eigenvalue weighted by molar-refractivity contribution is 5.95. The lowest BCUT2D eigenvalue weighted by Gasteiger charge is -2.32. The van der Waals surface area contributed by atoms with Gasteiger partial charge in [-0.15, -0.1) is 0 Å². The molecule has 2 fully saturated rings. The Labute approximate surface area is 344 Å². The number of anilines is 3. The monoisotopic (exact) mass is 798 g/mol. The zero-order chi connectivity index (χ0) is 40.7. The molecule has 0 bridgehead atoms. The van der Waals surface area contributed by atoms with Gasteiger partial charge in [0.25, 0.3) is 5.91 Å². The summed E-state index contributed by atoms with van der Waals surface area (Å²) in [5, 5.41) is 3.08. The highest BCUT2D eigenvalue weighted by Gasteiger charge is 2.32. The summed E-state index contributed by atoms with van der Waals surface area (Å²) in [6.07, 6.45) is 4.20. The van der Waals surface area contributed by atoms with E-state index < -0.39 is 0 Å². The first-order chi connectivity index (χ1) is 28.8. The summed E-state index contributed by atoms with van der Waals surface area (Å²) < 4.78 is 16.4. The zero-order valence-electron chi connectivity index (χ0n) is 33.8. The minimum Gasteiger partial charge on any atom is -0.497 e. The number of carbonyl (C=O) groups is 2. The Balaban J connectivity index is 1.02. The molecule has 0 atom stereocenters.